The van der Waals surface area contributed by atoms with Gasteiger partial charge >= 0.3 is 0 Å². The molecule has 6 heteroatoms. The Morgan fingerprint density at radius 1 is 1.53 bits per heavy atom. The zero-order valence-corrected chi connectivity index (χ0v) is 10.2. The van der Waals surface area contributed by atoms with Crippen LogP contribution in [0.25, 0.3) is 0 Å². The molecule has 2 rings (SSSR count). The molecule has 0 saturated carbocycles. The molecule has 90 valence electrons. The van der Waals surface area contributed by atoms with Gasteiger partial charge in [0.15, 0.2) is 5.16 Å². The van der Waals surface area contributed by atoms with Crippen molar-refractivity contribution >= 4 is 11.8 Å². The first-order valence-electron chi connectivity index (χ1n) is 5.14. The van der Waals surface area contributed by atoms with Crippen LogP contribution in [0, 0.1) is 5.82 Å². The minimum absolute atomic E-state index is 0.215. The third kappa shape index (κ3) is 3.04. The van der Waals surface area contributed by atoms with Gasteiger partial charge in [-0.25, -0.2) is 4.39 Å². The van der Waals surface area contributed by atoms with Crippen molar-refractivity contribution < 1.29 is 4.39 Å². The number of hydrogen-bond acceptors (Lipinski definition) is 4. The fraction of sp³-hybridized carbons (Fsp3) is 0.273. The number of aryl methyl sites for hydroxylation is 1. The van der Waals surface area contributed by atoms with E-state index in [0.717, 1.165) is 10.7 Å². The van der Waals surface area contributed by atoms with E-state index in [0.29, 0.717) is 5.75 Å². The van der Waals surface area contributed by atoms with Crippen LogP contribution in [0.3, 0.4) is 0 Å². The Labute approximate surface area is 103 Å². The first kappa shape index (κ1) is 12.1. The summed E-state index contributed by atoms with van der Waals surface area (Å²) in [7, 11) is 1.87. The fourth-order valence-corrected chi connectivity index (χ4v) is 2.28. The summed E-state index contributed by atoms with van der Waals surface area (Å²) >= 11 is 1.50. The lowest BCUT2D eigenvalue weighted by atomic mass is 10.1. The molecule has 0 saturated heterocycles. The van der Waals surface area contributed by atoms with Crippen LogP contribution in [-0.2, 0) is 7.05 Å². The molecule has 0 radical (unpaired) electrons. The number of hydrogen-bond donors (Lipinski definition) is 1. The normalized spacial score (nSPS) is 12.6. The summed E-state index contributed by atoms with van der Waals surface area (Å²) in [6.45, 7) is 0. The van der Waals surface area contributed by atoms with E-state index in [9.17, 15) is 4.39 Å². The smallest absolute Gasteiger partial charge is 0.190 e. The van der Waals surface area contributed by atoms with Crippen LogP contribution in [0.1, 0.15) is 11.6 Å². The quantitative estimate of drug-likeness (QED) is 0.842. The molecule has 0 aliphatic rings. The number of thioether (sulfide) groups is 1. The Morgan fingerprint density at radius 2 is 2.35 bits per heavy atom. The van der Waals surface area contributed by atoms with Gasteiger partial charge in [0, 0.05) is 18.8 Å². The van der Waals surface area contributed by atoms with Gasteiger partial charge in [-0.3, -0.25) is 0 Å². The van der Waals surface area contributed by atoms with E-state index < -0.39 is 0 Å². The second kappa shape index (κ2) is 5.29. The van der Waals surface area contributed by atoms with Crippen LogP contribution in [0.4, 0.5) is 4.39 Å². The van der Waals surface area contributed by atoms with E-state index in [1.807, 2.05) is 17.7 Å². The molecule has 0 aliphatic carbocycles. The zero-order chi connectivity index (χ0) is 12.3. The molecule has 1 aromatic carbocycles. The zero-order valence-electron chi connectivity index (χ0n) is 9.38. The summed E-state index contributed by atoms with van der Waals surface area (Å²) < 4.78 is 14.8. The number of nitrogens with zero attached hydrogens (tertiary/aromatic N) is 3. The van der Waals surface area contributed by atoms with Crippen molar-refractivity contribution in [1.82, 2.24) is 14.8 Å². The van der Waals surface area contributed by atoms with Gasteiger partial charge in [-0.2, -0.15) is 0 Å². The molecule has 17 heavy (non-hydrogen) atoms. The summed E-state index contributed by atoms with van der Waals surface area (Å²) in [6.07, 6.45) is 1.63. The maximum Gasteiger partial charge on any atom is 0.190 e. The second-order valence-electron chi connectivity index (χ2n) is 3.70. The molecule has 0 spiro atoms. The van der Waals surface area contributed by atoms with Crippen molar-refractivity contribution in [3.8, 4) is 0 Å². The predicted octanol–water partition coefficient (Wildman–Crippen LogP) is 1.75. The predicted molar refractivity (Wildman–Crippen MR) is 65.1 cm³/mol. The van der Waals surface area contributed by atoms with Crippen LogP contribution < -0.4 is 5.73 Å². The van der Waals surface area contributed by atoms with Gasteiger partial charge in [-0.1, -0.05) is 23.9 Å². The average molecular weight is 252 g/mol. The van der Waals surface area contributed by atoms with Gasteiger partial charge in [0.2, 0.25) is 0 Å². The highest BCUT2D eigenvalue weighted by atomic mass is 32.2. The van der Waals surface area contributed by atoms with E-state index in [2.05, 4.69) is 10.2 Å². The Bertz CT molecular complexity index is 500. The van der Waals surface area contributed by atoms with Gasteiger partial charge in [0.25, 0.3) is 0 Å². The van der Waals surface area contributed by atoms with Crippen molar-refractivity contribution in [2.45, 2.75) is 11.2 Å². The molecule has 4 nitrogen and oxygen atoms in total. The minimum atomic E-state index is -0.262. The van der Waals surface area contributed by atoms with Crippen LogP contribution in [0.5, 0.6) is 0 Å². The molecular formula is C11H13FN4S. The molecule has 1 heterocycles. The largest absolute Gasteiger partial charge is 0.323 e. The lowest BCUT2D eigenvalue weighted by Gasteiger charge is -2.11. The number of halogens is 1. The highest BCUT2D eigenvalue weighted by molar-refractivity contribution is 7.99. The minimum Gasteiger partial charge on any atom is -0.323 e. The summed E-state index contributed by atoms with van der Waals surface area (Å²) in [6, 6.07) is 6.14. The van der Waals surface area contributed by atoms with Gasteiger partial charge in [-0.15, -0.1) is 10.2 Å². The summed E-state index contributed by atoms with van der Waals surface area (Å²) in [5.41, 5.74) is 6.78. The summed E-state index contributed by atoms with van der Waals surface area (Å²) in [5.74, 6) is 0.373. The third-order valence-electron chi connectivity index (χ3n) is 2.34. The molecule has 0 amide bonds. The van der Waals surface area contributed by atoms with E-state index >= 15 is 0 Å². The number of benzene rings is 1. The summed E-state index contributed by atoms with van der Waals surface area (Å²) in [4.78, 5) is 0. The van der Waals surface area contributed by atoms with Crippen LogP contribution >= 0.6 is 11.8 Å². The second-order valence-corrected chi connectivity index (χ2v) is 4.68. The Hall–Kier alpha value is -1.40. The SMILES string of the molecule is Cn1cnnc1SCC(N)c1cccc(F)c1. The maximum atomic E-state index is 13.0. The van der Waals surface area contributed by atoms with Gasteiger partial charge in [0.05, 0.1) is 0 Å². The molecule has 1 atom stereocenters. The lowest BCUT2D eigenvalue weighted by Crippen LogP contribution is -2.13. The molecule has 0 aliphatic heterocycles. The molecule has 0 fully saturated rings. The number of aromatic nitrogens is 3. The summed E-state index contributed by atoms with van der Waals surface area (Å²) in [5, 5.41) is 8.53. The van der Waals surface area contributed by atoms with Gasteiger partial charge in [0.1, 0.15) is 12.1 Å². The molecule has 1 unspecified atom stereocenters. The van der Waals surface area contributed by atoms with Gasteiger partial charge in [-0.05, 0) is 17.7 Å². The number of nitrogens with two attached hydrogens (primary N) is 1. The van der Waals surface area contributed by atoms with Gasteiger partial charge < -0.3 is 10.3 Å². The monoisotopic (exact) mass is 252 g/mol. The topological polar surface area (TPSA) is 56.7 Å². The maximum absolute atomic E-state index is 13.0. The molecule has 2 aromatic rings. The molecule has 1 aromatic heterocycles. The van der Waals surface area contributed by atoms with E-state index in [1.54, 1.807) is 12.4 Å². The van der Waals surface area contributed by atoms with E-state index in [4.69, 9.17) is 5.73 Å². The third-order valence-corrected chi connectivity index (χ3v) is 3.49. The Kier molecular flexibility index (Phi) is 3.75. The first-order chi connectivity index (χ1) is 8.16. The lowest BCUT2D eigenvalue weighted by molar-refractivity contribution is 0.622. The highest BCUT2D eigenvalue weighted by Crippen LogP contribution is 2.21. The van der Waals surface area contributed by atoms with E-state index in [-0.39, 0.29) is 11.9 Å². The molecular weight excluding hydrogens is 239 g/mol. The molecule has 2 N–H and O–H groups in total. The Balaban J connectivity index is 1.98. The van der Waals surface area contributed by atoms with Crippen LogP contribution in [0.15, 0.2) is 35.7 Å². The van der Waals surface area contributed by atoms with Crippen molar-refractivity contribution in [2.24, 2.45) is 12.8 Å². The molecule has 0 bridgehead atoms. The van der Waals surface area contributed by atoms with Crippen LogP contribution in [-0.4, -0.2) is 20.5 Å². The first-order valence-corrected chi connectivity index (χ1v) is 6.13. The van der Waals surface area contributed by atoms with Crippen molar-refractivity contribution in [3.05, 3.63) is 42.0 Å². The van der Waals surface area contributed by atoms with Crippen LogP contribution in [0.2, 0.25) is 0 Å². The number of rotatable bonds is 4. The average Bonchev–Trinajstić information content (AvgIpc) is 2.72. The van der Waals surface area contributed by atoms with Crippen molar-refractivity contribution in [2.75, 3.05) is 5.75 Å². The Morgan fingerprint density at radius 3 is 3.00 bits per heavy atom. The fourth-order valence-electron chi connectivity index (χ4n) is 1.40. The highest BCUT2D eigenvalue weighted by Gasteiger charge is 2.09. The van der Waals surface area contributed by atoms with Crippen molar-refractivity contribution in [3.63, 3.8) is 0 Å². The standard InChI is InChI=1S/C11H13FN4S/c1-16-7-14-15-11(16)17-6-10(13)8-3-2-4-9(12)5-8/h2-5,7,10H,6,13H2,1H3. The van der Waals surface area contributed by atoms with Crippen molar-refractivity contribution in [1.29, 1.82) is 0 Å². The van der Waals surface area contributed by atoms with E-state index in [1.165, 1.54) is 23.9 Å².